The highest BCUT2D eigenvalue weighted by atomic mass is 19.1. The van der Waals surface area contributed by atoms with E-state index in [0.29, 0.717) is 24.8 Å². The molecule has 2 aliphatic rings. The van der Waals surface area contributed by atoms with E-state index < -0.39 is 29.3 Å². The number of hydrogen-bond acceptors (Lipinski definition) is 4. The summed E-state index contributed by atoms with van der Waals surface area (Å²) in [7, 11) is 0. The van der Waals surface area contributed by atoms with Gasteiger partial charge >= 0.3 is 0 Å². The first-order chi connectivity index (χ1) is 14.9. The molecule has 1 spiro atoms. The molecule has 6 nitrogen and oxygen atoms in total. The molecule has 1 saturated carbocycles. The quantitative estimate of drug-likeness (QED) is 0.809. The molecule has 1 aliphatic heterocycles. The summed E-state index contributed by atoms with van der Waals surface area (Å²) in [4.78, 5) is 31.8. The molecule has 1 N–H and O–H groups in total. The highest BCUT2D eigenvalue weighted by molar-refractivity contribution is 5.98. The number of pyridine rings is 1. The Labute approximate surface area is 179 Å². The third-order valence-corrected chi connectivity index (χ3v) is 6.16. The SMILES string of the molecule is CC1CCC2(CC1)OC[C@H](C(=O)NCc1ccncc1)N2C(=O)c1cc(F)cc(F)c1. The van der Waals surface area contributed by atoms with Crippen molar-refractivity contribution in [3.63, 3.8) is 0 Å². The molecule has 1 saturated heterocycles. The Morgan fingerprint density at radius 2 is 1.81 bits per heavy atom. The van der Waals surface area contributed by atoms with Crippen LogP contribution in [0.5, 0.6) is 0 Å². The van der Waals surface area contributed by atoms with E-state index in [0.717, 1.165) is 30.5 Å². The van der Waals surface area contributed by atoms with Crippen molar-refractivity contribution in [2.75, 3.05) is 6.61 Å². The molecule has 1 aliphatic carbocycles. The summed E-state index contributed by atoms with van der Waals surface area (Å²) < 4.78 is 33.7. The van der Waals surface area contributed by atoms with Gasteiger partial charge in [-0.1, -0.05) is 6.92 Å². The first-order valence-corrected chi connectivity index (χ1v) is 10.5. The van der Waals surface area contributed by atoms with E-state index in [1.165, 1.54) is 4.90 Å². The molecule has 2 heterocycles. The average molecular weight is 429 g/mol. The first kappa shape index (κ1) is 21.4. The van der Waals surface area contributed by atoms with E-state index in [1.54, 1.807) is 24.5 Å². The number of nitrogens with one attached hydrogen (secondary N) is 1. The minimum absolute atomic E-state index is 0.0418. The van der Waals surface area contributed by atoms with Crippen molar-refractivity contribution in [3.05, 3.63) is 65.5 Å². The molecule has 2 fully saturated rings. The Morgan fingerprint density at radius 3 is 2.45 bits per heavy atom. The number of aromatic nitrogens is 1. The molecular formula is C23H25F2N3O3. The van der Waals surface area contributed by atoms with Gasteiger partial charge in [-0.05, 0) is 61.4 Å². The first-order valence-electron chi connectivity index (χ1n) is 10.5. The van der Waals surface area contributed by atoms with Crippen LogP contribution < -0.4 is 5.32 Å². The molecule has 2 amide bonds. The maximum absolute atomic E-state index is 13.8. The Balaban J connectivity index is 1.60. The predicted molar refractivity (Wildman–Crippen MR) is 109 cm³/mol. The van der Waals surface area contributed by atoms with Crippen LogP contribution in [0.2, 0.25) is 0 Å². The van der Waals surface area contributed by atoms with Gasteiger partial charge < -0.3 is 10.1 Å². The number of nitrogens with zero attached hydrogens (tertiary/aromatic N) is 2. The van der Waals surface area contributed by atoms with E-state index in [-0.39, 0.29) is 24.6 Å². The lowest BCUT2D eigenvalue weighted by Crippen LogP contribution is -2.56. The normalized spacial score (nSPS) is 25.6. The summed E-state index contributed by atoms with van der Waals surface area (Å²) in [5.41, 5.74) is -0.202. The lowest BCUT2D eigenvalue weighted by atomic mass is 9.83. The summed E-state index contributed by atoms with van der Waals surface area (Å²) in [6, 6.07) is 5.40. The van der Waals surface area contributed by atoms with Gasteiger partial charge in [0.2, 0.25) is 5.91 Å². The highest BCUT2D eigenvalue weighted by Gasteiger charge is 2.53. The third kappa shape index (κ3) is 4.44. The monoisotopic (exact) mass is 429 g/mol. The van der Waals surface area contributed by atoms with Gasteiger partial charge in [-0.25, -0.2) is 8.78 Å². The largest absolute Gasteiger partial charge is 0.353 e. The zero-order valence-electron chi connectivity index (χ0n) is 17.3. The third-order valence-electron chi connectivity index (χ3n) is 6.16. The summed E-state index contributed by atoms with van der Waals surface area (Å²) in [6.07, 6.45) is 6.09. The summed E-state index contributed by atoms with van der Waals surface area (Å²) in [6.45, 7) is 2.45. The molecular weight excluding hydrogens is 404 g/mol. The van der Waals surface area contributed by atoms with Crippen molar-refractivity contribution in [2.24, 2.45) is 5.92 Å². The fourth-order valence-corrected chi connectivity index (χ4v) is 4.40. The maximum Gasteiger partial charge on any atom is 0.257 e. The Kier molecular flexibility index (Phi) is 6.00. The molecule has 164 valence electrons. The van der Waals surface area contributed by atoms with Crippen LogP contribution in [-0.4, -0.2) is 40.1 Å². The van der Waals surface area contributed by atoms with Gasteiger partial charge in [0.05, 0.1) is 6.61 Å². The van der Waals surface area contributed by atoms with Gasteiger partial charge in [-0.2, -0.15) is 0 Å². The summed E-state index contributed by atoms with van der Waals surface area (Å²) >= 11 is 0. The van der Waals surface area contributed by atoms with Crippen LogP contribution >= 0.6 is 0 Å². The molecule has 1 atom stereocenters. The van der Waals surface area contributed by atoms with Crippen LogP contribution in [0.15, 0.2) is 42.7 Å². The van der Waals surface area contributed by atoms with Crippen LogP contribution in [-0.2, 0) is 16.1 Å². The van der Waals surface area contributed by atoms with Gasteiger partial charge in [0.15, 0.2) is 0 Å². The molecule has 31 heavy (non-hydrogen) atoms. The smallest absolute Gasteiger partial charge is 0.257 e. The second-order valence-electron chi connectivity index (χ2n) is 8.36. The highest BCUT2D eigenvalue weighted by Crippen LogP contribution is 2.43. The molecule has 0 radical (unpaired) electrons. The van der Waals surface area contributed by atoms with Gasteiger partial charge in [0, 0.05) is 30.6 Å². The number of ether oxygens (including phenoxy) is 1. The zero-order valence-corrected chi connectivity index (χ0v) is 17.3. The van der Waals surface area contributed by atoms with Gasteiger partial charge in [-0.15, -0.1) is 0 Å². The van der Waals surface area contributed by atoms with E-state index >= 15 is 0 Å². The van der Waals surface area contributed by atoms with E-state index in [4.69, 9.17) is 4.74 Å². The minimum atomic E-state index is -0.939. The van der Waals surface area contributed by atoms with Gasteiger partial charge in [-0.3, -0.25) is 19.5 Å². The number of carbonyl (C=O) groups is 2. The molecule has 0 bridgehead atoms. The van der Waals surface area contributed by atoms with Crippen molar-refractivity contribution in [1.29, 1.82) is 0 Å². The van der Waals surface area contributed by atoms with Crippen molar-refractivity contribution in [2.45, 2.75) is 50.9 Å². The lowest BCUT2D eigenvalue weighted by molar-refractivity contribution is -0.128. The fourth-order valence-electron chi connectivity index (χ4n) is 4.40. The minimum Gasteiger partial charge on any atom is -0.353 e. The zero-order chi connectivity index (χ0) is 22.0. The Hall–Kier alpha value is -2.87. The maximum atomic E-state index is 13.8. The molecule has 1 aromatic carbocycles. The number of carbonyl (C=O) groups excluding carboxylic acids is 2. The standard InChI is InChI=1S/C23H25F2N3O3/c1-15-2-6-23(7-3-15)28(22(30)17-10-18(24)12-19(25)11-17)20(14-31-23)21(29)27-13-16-4-8-26-9-5-16/h4-5,8-12,15,20H,2-3,6-7,13-14H2,1H3,(H,27,29)/t15?,20-,23?/m1/s1. The summed E-state index contributed by atoms with van der Waals surface area (Å²) in [5, 5.41) is 2.84. The Morgan fingerprint density at radius 1 is 1.16 bits per heavy atom. The molecule has 1 aromatic heterocycles. The van der Waals surface area contributed by atoms with Gasteiger partial charge in [0.25, 0.3) is 5.91 Å². The average Bonchev–Trinajstić information content (AvgIpc) is 3.12. The predicted octanol–water partition coefficient (Wildman–Crippen LogP) is 3.42. The molecule has 8 heteroatoms. The number of rotatable bonds is 4. The fraction of sp³-hybridized carbons (Fsp3) is 0.435. The van der Waals surface area contributed by atoms with E-state index in [1.807, 2.05) is 0 Å². The van der Waals surface area contributed by atoms with Crippen molar-refractivity contribution in [1.82, 2.24) is 15.2 Å². The second kappa shape index (κ2) is 8.70. The topological polar surface area (TPSA) is 71.5 Å². The van der Waals surface area contributed by atoms with Gasteiger partial charge in [0.1, 0.15) is 23.4 Å². The van der Waals surface area contributed by atoms with Crippen LogP contribution in [0.1, 0.15) is 48.5 Å². The van der Waals surface area contributed by atoms with Crippen molar-refractivity contribution >= 4 is 11.8 Å². The van der Waals surface area contributed by atoms with E-state index in [9.17, 15) is 18.4 Å². The van der Waals surface area contributed by atoms with Crippen LogP contribution in [0, 0.1) is 17.6 Å². The number of benzene rings is 1. The molecule has 0 unspecified atom stereocenters. The van der Waals surface area contributed by atoms with E-state index in [2.05, 4.69) is 17.2 Å². The van der Waals surface area contributed by atoms with Crippen LogP contribution in [0.3, 0.4) is 0 Å². The second-order valence-corrected chi connectivity index (χ2v) is 8.36. The molecule has 4 rings (SSSR count). The summed E-state index contributed by atoms with van der Waals surface area (Å²) in [5.74, 6) is -2.16. The van der Waals surface area contributed by atoms with Crippen LogP contribution in [0.25, 0.3) is 0 Å². The lowest BCUT2D eigenvalue weighted by Gasteiger charge is -2.43. The Bertz CT molecular complexity index is 942. The number of amides is 2. The number of halogens is 2. The van der Waals surface area contributed by atoms with Crippen molar-refractivity contribution < 1.29 is 23.1 Å². The number of hydrogen-bond donors (Lipinski definition) is 1. The van der Waals surface area contributed by atoms with Crippen molar-refractivity contribution in [3.8, 4) is 0 Å². The molecule has 2 aromatic rings. The van der Waals surface area contributed by atoms with Crippen LogP contribution in [0.4, 0.5) is 8.78 Å².